The second kappa shape index (κ2) is 6.70. The van der Waals surface area contributed by atoms with Crippen molar-refractivity contribution in [2.75, 3.05) is 46.3 Å². The third-order valence-electron chi connectivity index (χ3n) is 3.78. The lowest BCUT2D eigenvalue weighted by Gasteiger charge is -2.34. The Morgan fingerprint density at radius 3 is 3.11 bits per heavy atom. The predicted octanol–water partition coefficient (Wildman–Crippen LogP) is 0.345. The van der Waals surface area contributed by atoms with Crippen LogP contribution in [0.4, 0.5) is 0 Å². The van der Waals surface area contributed by atoms with Crippen LogP contribution < -0.4 is 5.32 Å². The van der Waals surface area contributed by atoms with Gasteiger partial charge in [-0.05, 0) is 19.4 Å². The summed E-state index contributed by atoms with van der Waals surface area (Å²) in [7, 11) is 2.11. The molecule has 1 atom stereocenters. The number of amides is 1. The molecule has 2 aliphatic heterocycles. The van der Waals surface area contributed by atoms with Gasteiger partial charge in [0.25, 0.3) is 0 Å². The first-order valence-corrected chi connectivity index (χ1v) is 7.06. The van der Waals surface area contributed by atoms with E-state index in [1.165, 1.54) is 12.3 Å². The highest BCUT2D eigenvalue weighted by atomic mass is 16.2. The molecular weight excluding hydrogens is 240 g/mol. The average molecular weight is 264 g/mol. The van der Waals surface area contributed by atoms with Gasteiger partial charge in [0.05, 0.1) is 13.1 Å². The zero-order valence-electron chi connectivity index (χ0n) is 11.8. The Bertz CT molecular complexity index is 366. The number of hydrogen-bond acceptors (Lipinski definition) is 4. The van der Waals surface area contributed by atoms with Gasteiger partial charge in [0.2, 0.25) is 5.91 Å². The molecule has 1 unspecified atom stereocenters. The molecule has 0 aliphatic carbocycles. The predicted molar refractivity (Wildman–Crippen MR) is 77.3 cm³/mol. The van der Waals surface area contributed by atoms with Crippen molar-refractivity contribution < 1.29 is 4.79 Å². The molecule has 1 N–H and O–H groups in total. The highest BCUT2D eigenvalue weighted by molar-refractivity contribution is 5.86. The number of nitrogens with one attached hydrogen (secondary N) is 1. The highest BCUT2D eigenvalue weighted by Crippen LogP contribution is 2.21. The maximum Gasteiger partial charge on any atom is 0.234 e. The van der Waals surface area contributed by atoms with Crippen LogP contribution in [0.15, 0.2) is 17.6 Å². The van der Waals surface area contributed by atoms with Crippen molar-refractivity contribution in [3.8, 4) is 0 Å². The second-order valence-corrected chi connectivity index (χ2v) is 5.33. The van der Waals surface area contributed by atoms with E-state index in [1.807, 2.05) is 0 Å². The molecule has 0 aromatic heterocycles. The number of nitrogens with zero attached hydrogens (tertiary/aromatic N) is 3. The van der Waals surface area contributed by atoms with Gasteiger partial charge in [-0.25, -0.2) is 0 Å². The van der Waals surface area contributed by atoms with Crippen LogP contribution in [0.25, 0.3) is 0 Å². The summed E-state index contributed by atoms with van der Waals surface area (Å²) in [5.41, 5.74) is 0. The van der Waals surface area contributed by atoms with Gasteiger partial charge in [0, 0.05) is 32.6 Å². The van der Waals surface area contributed by atoms with Crippen LogP contribution in [0.5, 0.6) is 0 Å². The Balaban J connectivity index is 1.83. The molecule has 19 heavy (non-hydrogen) atoms. The van der Waals surface area contributed by atoms with Crippen molar-refractivity contribution in [3.63, 3.8) is 0 Å². The lowest BCUT2D eigenvalue weighted by atomic mass is 9.96. The number of piperidine rings is 1. The summed E-state index contributed by atoms with van der Waals surface area (Å²) in [6, 6.07) is 0. The normalized spacial score (nSPS) is 24.2. The largest absolute Gasteiger partial charge is 0.361 e. The number of likely N-dealkylation sites (tertiary alicyclic amines) is 1. The summed E-state index contributed by atoms with van der Waals surface area (Å²) < 4.78 is 0. The zero-order chi connectivity index (χ0) is 13.7. The minimum atomic E-state index is 0.0854. The molecule has 2 aliphatic rings. The van der Waals surface area contributed by atoms with E-state index in [4.69, 9.17) is 0 Å². The van der Waals surface area contributed by atoms with Gasteiger partial charge < -0.3 is 10.2 Å². The smallest absolute Gasteiger partial charge is 0.234 e. The monoisotopic (exact) mass is 264 g/mol. The van der Waals surface area contributed by atoms with Gasteiger partial charge in [0.15, 0.2) is 0 Å². The molecule has 0 aromatic rings. The van der Waals surface area contributed by atoms with Crippen molar-refractivity contribution in [3.05, 3.63) is 12.7 Å². The van der Waals surface area contributed by atoms with E-state index >= 15 is 0 Å². The van der Waals surface area contributed by atoms with Gasteiger partial charge >= 0.3 is 0 Å². The number of aliphatic imine (C=N–C) groups is 1. The van der Waals surface area contributed by atoms with Crippen molar-refractivity contribution >= 4 is 11.7 Å². The molecule has 106 valence electrons. The third kappa shape index (κ3) is 3.80. The van der Waals surface area contributed by atoms with E-state index in [0.29, 0.717) is 19.0 Å². The van der Waals surface area contributed by atoms with Gasteiger partial charge in [0.1, 0.15) is 5.84 Å². The summed E-state index contributed by atoms with van der Waals surface area (Å²) in [5.74, 6) is 1.81. The third-order valence-corrected chi connectivity index (χ3v) is 3.78. The molecule has 0 spiro atoms. The van der Waals surface area contributed by atoms with Crippen LogP contribution in [-0.2, 0) is 4.79 Å². The van der Waals surface area contributed by atoms with Gasteiger partial charge in [-0.1, -0.05) is 6.08 Å². The van der Waals surface area contributed by atoms with E-state index in [2.05, 4.69) is 33.7 Å². The summed E-state index contributed by atoms with van der Waals surface area (Å²) >= 11 is 0. The Labute approximate surface area is 115 Å². The molecule has 0 bridgehead atoms. The quantitative estimate of drug-likeness (QED) is 0.729. The molecule has 5 heteroatoms. The van der Waals surface area contributed by atoms with Crippen LogP contribution >= 0.6 is 0 Å². The van der Waals surface area contributed by atoms with Gasteiger partial charge in [-0.2, -0.15) is 0 Å². The zero-order valence-corrected chi connectivity index (χ0v) is 11.8. The van der Waals surface area contributed by atoms with Gasteiger partial charge in [-0.3, -0.25) is 14.7 Å². The van der Waals surface area contributed by atoms with E-state index < -0.39 is 0 Å². The molecular formula is C14H24N4O. The SMILES string of the molecule is C=CCNC(=O)CN1CCCC(C2=NCCN2C)C1. The molecule has 2 rings (SSSR count). The van der Waals surface area contributed by atoms with E-state index in [0.717, 1.165) is 32.6 Å². The minimum Gasteiger partial charge on any atom is -0.361 e. The fourth-order valence-electron chi connectivity index (χ4n) is 2.85. The standard InChI is InChI=1S/C14H24N4O/c1-3-6-15-13(19)11-18-8-4-5-12(10-18)14-16-7-9-17(14)2/h3,12H,1,4-11H2,2H3,(H,15,19). The lowest BCUT2D eigenvalue weighted by molar-refractivity contribution is -0.122. The van der Waals surface area contributed by atoms with E-state index in [1.54, 1.807) is 6.08 Å². The second-order valence-electron chi connectivity index (χ2n) is 5.33. The first-order valence-electron chi connectivity index (χ1n) is 7.06. The number of rotatable bonds is 5. The molecule has 5 nitrogen and oxygen atoms in total. The number of likely N-dealkylation sites (N-methyl/N-ethyl adjacent to an activating group) is 1. The van der Waals surface area contributed by atoms with Crippen molar-refractivity contribution in [2.24, 2.45) is 10.9 Å². The lowest BCUT2D eigenvalue weighted by Crippen LogP contribution is -2.46. The number of carbonyl (C=O) groups is 1. The fourth-order valence-corrected chi connectivity index (χ4v) is 2.85. The van der Waals surface area contributed by atoms with Crippen molar-refractivity contribution in [1.29, 1.82) is 0 Å². The summed E-state index contributed by atoms with van der Waals surface area (Å²) in [6.07, 6.45) is 4.04. The first kappa shape index (κ1) is 14.1. The molecule has 1 saturated heterocycles. The highest BCUT2D eigenvalue weighted by Gasteiger charge is 2.28. The molecule has 0 saturated carbocycles. The van der Waals surface area contributed by atoms with Gasteiger partial charge in [-0.15, -0.1) is 6.58 Å². The van der Waals surface area contributed by atoms with Crippen LogP contribution in [0.2, 0.25) is 0 Å². The summed E-state index contributed by atoms with van der Waals surface area (Å²) in [6.45, 7) is 8.55. The summed E-state index contributed by atoms with van der Waals surface area (Å²) in [4.78, 5) is 20.8. The Morgan fingerprint density at radius 1 is 1.58 bits per heavy atom. The van der Waals surface area contributed by atoms with E-state index in [9.17, 15) is 4.79 Å². The molecule has 0 radical (unpaired) electrons. The minimum absolute atomic E-state index is 0.0854. The molecule has 0 aromatic carbocycles. The van der Waals surface area contributed by atoms with Crippen molar-refractivity contribution in [1.82, 2.24) is 15.1 Å². The van der Waals surface area contributed by atoms with Crippen LogP contribution in [-0.4, -0.2) is 67.9 Å². The summed E-state index contributed by atoms with van der Waals surface area (Å²) in [5, 5.41) is 2.83. The van der Waals surface area contributed by atoms with Crippen LogP contribution in [0, 0.1) is 5.92 Å². The Morgan fingerprint density at radius 2 is 2.42 bits per heavy atom. The topological polar surface area (TPSA) is 47.9 Å². The molecule has 2 heterocycles. The molecule has 1 amide bonds. The van der Waals surface area contributed by atoms with Crippen molar-refractivity contribution in [2.45, 2.75) is 12.8 Å². The maximum atomic E-state index is 11.7. The first-order chi connectivity index (χ1) is 9.20. The Kier molecular flexibility index (Phi) is 4.96. The Hall–Kier alpha value is -1.36. The molecule has 1 fully saturated rings. The van der Waals surface area contributed by atoms with Crippen LogP contribution in [0.3, 0.4) is 0 Å². The fraction of sp³-hybridized carbons (Fsp3) is 0.714. The number of hydrogen-bond donors (Lipinski definition) is 1. The average Bonchev–Trinajstić information content (AvgIpc) is 2.83. The maximum absolute atomic E-state index is 11.7. The number of carbonyl (C=O) groups excluding carboxylic acids is 1. The number of amidine groups is 1. The van der Waals surface area contributed by atoms with Crippen LogP contribution in [0.1, 0.15) is 12.8 Å². The van der Waals surface area contributed by atoms with E-state index in [-0.39, 0.29) is 5.91 Å².